The fraction of sp³-hybridized carbons (Fsp3) is 0.727. The highest BCUT2D eigenvalue weighted by atomic mass is 19.4. The van der Waals surface area contributed by atoms with Gasteiger partial charge in [-0.15, -0.1) is 0 Å². The van der Waals surface area contributed by atoms with E-state index in [2.05, 4.69) is 10.1 Å². The molecule has 1 aliphatic rings. The third kappa shape index (κ3) is 2.98. The molecule has 20 heavy (non-hydrogen) atoms. The van der Waals surface area contributed by atoms with E-state index in [0.29, 0.717) is 26.1 Å². The van der Waals surface area contributed by atoms with Crippen molar-refractivity contribution in [1.29, 1.82) is 0 Å². The van der Waals surface area contributed by atoms with E-state index >= 15 is 0 Å². The van der Waals surface area contributed by atoms with Crippen LogP contribution in [0.4, 0.5) is 13.2 Å². The standard InChI is InChI=1S/C11H13F3N2O4/c1-18-10(2-4-19-5-3-10)9-15-8(20-16-9)6-7(17)11(12,13)14/h2-6H2,1H3. The summed E-state index contributed by atoms with van der Waals surface area (Å²) < 4.78 is 51.8. The van der Waals surface area contributed by atoms with Crippen LogP contribution in [0.3, 0.4) is 0 Å². The van der Waals surface area contributed by atoms with Gasteiger partial charge in [0.1, 0.15) is 5.60 Å². The highest BCUT2D eigenvalue weighted by Gasteiger charge is 2.41. The van der Waals surface area contributed by atoms with Gasteiger partial charge in [0, 0.05) is 33.2 Å². The number of alkyl halides is 3. The maximum Gasteiger partial charge on any atom is 0.450 e. The Morgan fingerprint density at radius 1 is 1.40 bits per heavy atom. The molecule has 0 spiro atoms. The third-order valence-electron chi connectivity index (χ3n) is 3.19. The van der Waals surface area contributed by atoms with Crippen molar-refractivity contribution in [2.24, 2.45) is 0 Å². The smallest absolute Gasteiger partial charge is 0.381 e. The van der Waals surface area contributed by atoms with Gasteiger partial charge in [0.15, 0.2) is 0 Å². The van der Waals surface area contributed by atoms with Crippen LogP contribution in [0.5, 0.6) is 0 Å². The van der Waals surface area contributed by atoms with Crippen LogP contribution in [-0.4, -0.2) is 42.4 Å². The van der Waals surface area contributed by atoms with Gasteiger partial charge in [-0.25, -0.2) is 0 Å². The second-order valence-electron chi connectivity index (χ2n) is 4.42. The molecule has 0 atom stereocenters. The second kappa shape index (κ2) is 5.49. The van der Waals surface area contributed by atoms with E-state index in [0.717, 1.165) is 0 Å². The number of hydrogen-bond donors (Lipinski definition) is 0. The SMILES string of the molecule is COC1(c2noc(CC(=O)C(F)(F)F)n2)CCOCC1. The lowest BCUT2D eigenvalue weighted by molar-refractivity contribution is -0.170. The molecule has 1 fully saturated rings. The summed E-state index contributed by atoms with van der Waals surface area (Å²) >= 11 is 0. The molecule has 2 rings (SSSR count). The van der Waals surface area contributed by atoms with Gasteiger partial charge in [-0.1, -0.05) is 5.16 Å². The number of carbonyl (C=O) groups excluding carboxylic acids is 1. The second-order valence-corrected chi connectivity index (χ2v) is 4.42. The minimum absolute atomic E-state index is 0.147. The molecule has 1 aromatic heterocycles. The van der Waals surface area contributed by atoms with Crippen molar-refractivity contribution in [3.63, 3.8) is 0 Å². The van der Waals surface area contributed by atoms with E-state index in [9.17, 15) is 18.0 Å². The largest absolute Gasteiger partial charge is 0.450 e. The highest BCUT2D eigenvalue weighted by Crippen LogP contribution is 2.33. The zero-order valence-corrected chi connectivity index (χ0v) is 10.7. The first-order valence-corrected chi connectivity index (χ1v) is 5.93. The number of carbonyl (C=O) groups is 1. The average molecular weight is 294 g/mol. The van der Waals surface area contributed by atoms with Crippen LogP contribution in [0.25, 0.3) is 0 Å². The van der Waals surface area contributed by atoms with Crippen molar-refractivity contribution >= 4 is 5.78 Å². The van der Waals surface area contributed by atoms with Crippen molar-refractivity contribution in [1.82, 2.24) is 10.1 Å². The first kappa shape index (κ1) is 14.9. The zero-order valence-electron chi connectivity index (χ0n) is 10.7. The maximum absolute atomic E-state index is 12.2. The Labute approximate surface area is 112 Å². The van der Waals surface area contributed by atoms with Crippen molar-refractivity contribution in [2.45, 2.75) is 31.0 Å². The van der Waals surface area contributed by atoms with Crippen molar-refractivity contribution < 1.29 is 32.0 Å². The summed E-state index contributed by atoms with van der Waals surface area (Å²) in [6.45, 7) is 0.860. The number of ketones is 1. The van der Waals surface area contributed by atoms with Crippen LogP contribution in [-0.2, 0) is 26.3 Å². The molecular weight excluding hydrogens is 281 g/mol. The van der Waals surface area contributed by atoms with Gasteiger partial charge in [-0.2, -0.15) is 18.2 Å². The lowest BCUT2D eigenvalue weighted by Gasteiger charge is -2.32. The minimum Gasteiger partial charge on any atom is -0.381 e. The van der Waals surface area contributed by atoms with Crippen LogP contribution in [0.15, 0.2) is 4.52 Å². The number of halogens is 3. The van der Waals surface area contributed by atoms with Gasteiger partial charge >= 0.3 is 6.18 Å². The molecule has 1 aliphatic heterocycles. The van der Waals surface area contributed by atoms with Gasteiger partial charge in [-0.05, 0) is 0 Å². The molecule has 1 saturated heterocycles. The molecule has 0 radical (unpaired) electrons. The van der Waals surface area contributed by atoms with Crippen molar-refractivity contribution in [3.8, 4) is 0 Å². The van der Waals surface area contributed by atoms with Crippen LogP contribution in [0.2, 0.25) is 0 Å². The molecule has 0 saturated carbocycles. The summed E-state index contributed by atoms with van der Waals surface area (Å²) in [6.07, 6.45) is -4.94. The molecule has 0 aromatic carbocycles. The lowest BCUT2D eigenvalue weighted by atomic mass is 9.93. The predicted octanol–water partition coefficient (Wildman–Crippen LogP) is 1.40. The Morgan fingerprint density at radius 3 is 2.60 bits per heavy atom. The van der Waals surface area contributed by atoms with Gasteiger partial charge in [0.25, 0.3) is 0 Å². The van der Waals surface area contributed by atoms with Crippen LogP contribution >= 0.6 is 0 Å². The molecule has 0 aliphatic carbocycles. The summed E-state index contributed by atoms with van der Waals surface area (Å²) in [5.41, 5.74) is -0.832. The molecule has 1 aromatic rings. The van der Waals surface area contributed by atoms with E-state index < -0.39 is 24.0 Å². The Bertz CT molecular complexity index is 480. The Morgan fingerprint density at radius 2 is 2.05 bits per heavy atom. The Balaban J connectivity index is 2.14. The number of rotatable bonds is 4. The molecule has 0 amide bonds. The number of ether oxygens (including phenoxy) is 2. The summed E-state index contributed by atoms with van der Waals surface area (Å²) in [5, 5.41) is 3.63. The summed E-state index contributed by atoms with van der Waals surface area (Å²) in [6, 6.07) is 0. The normalized spacial score (nSPS) is 19.0. The molecular formula is C11H13F3N2O4. The first-order chi connectivity index (χ1) is 9.37. The van der Waals surface area contributed by atoms with Crippen molar-refractivity contribution in [2.75, 3.05) is 20.3 Å². The van der Waals surface area contributed by atoms with E-state index in [4.69, 9.17) is 14.0 Å². The molecule has 0 unspecified atom stereocenters. The molecule has 9 heteroatoms. The minimum atomic E-state index is -4.91. The fourth-order valence-electron chi connectivity index (χ4n) is 1.97. The lowest BCUT2D eigenvalue weighted by Crippen LogP contribution is -2.36. The summed E-state index contributed by atoms with van der Waals surface area (Å²) in [5.74, 6) is -2.15. The summed E-state index contributed by atoms with van der Waals surface area (Å²) in [7, 11) is 1.46. The zero-order chi connectivity index (χ0) is 14.8. The van der Waals surface area contributed by atoms with Crippen LogP contribution < -0.4 is 0 Å². The van der Waals surface area contributed by atoms with Gasteiger partial charge < -0.3 is 14.0 Å². The van der Waals surface area contributed by atoms with E-state index in [1.54, 1.807) is 0 Å². The molecule has 0 N–H and O–H groups in total. The average Bonchev–Trinajstić information content (AvgIpc) is 2.87. The molecule has 6 nitrogen and oxygen atoms in total. The highest BCUT2D eigenvalue weighted by molar-refractivity contribution is 5.85. The van der Waals surface area contributed by atoms with E-state index in [1.165, 1.54) is 7.11 Å². The number of aromatic nitrogens is 2. The van der Waals surface area contributed by atoms with Gasteiger partial charge in [-0.3, -0.25) is 4.79 Å². The number of nitrogens with zero attached hydrogens (tertiary/aromatic N) is 2. The van der Waals surface area contributed by atoms with Crippen molar-refractivity contribution in [3.05, 3.63) is 11.7 Å². The molecule has 2 heterocycles. The molecule has 112 valence electrons. The topological polar surface area (TPSA) is 74.5 Å². The number of Topliss-reactive ketones (excluding diaryl/α,β-unsaturated/α-hetero) is 1. The number of methoxy groups -OCH3 is 1. The first-order valence-electron chi connectivity index (χ1n) is 5.93. The predicted molar refractivity (Wildman–Crippen MR) is 57.8 cm³/mol. The van der Waals surface area contributed by atoms with Crippen LogP contribution in [0.1, 0.15) is 24.6 Å². The Hall–Kier alpha value is -1.48. The Kier molecular flexibility index (Phi) is 4.09. The molecule has 0 bridgehead atoms. The monoisotopic (exact) mass is 294 g/mol. The third-order valence-corrected chi connectivity index (χ3v) is 3.19. The number of hydrogen-bond acceptors (Lipinski definition) is 6. The van der Waals surface area contributed by atoms with Crippen LogP contribution in [0, 0.1) is 0 Å². The quantitative estimate of drug-likeness (QED) is 0.835. The maximum atomic E-state index is 12.2. The van der Waals surface area contributed by atoms with Gasteiger partial charge in [0.2, 0.25) is 17.5 Å². The summed E-state index contributed by atoms with van der Waals surface area (Å²) in [4.78, 5) is 14.7. The van der Waals surface area contributed by atoms with E-state index in [-0.39, 0.29) is 11.7 Å². The van der Waals surface area contributed by atoms with Gasteiger partial charge in [0.05, 0.1) is 6.42 Å². The van der Waals surface area contributed by atoms with E-state index in [1.807, 2.05) is 0 Å². The fourth-order valence-corrected chi connectivity index (χ4v) is 1.97.